The molecule has 0 unspecified atom stereocenters. The van der Waals surface area contributed by atoms with Crippen LogP contribution in [0.4, 0.5) is 5.69 Å². The fraction of sp³-hybridized carbons (Fsp3) is 0.571. The van der Waals surface area contributed by atoms with Gasteiger partial charge in [0.25, 0.3) is 0 Å². The van der Waals surface area contributed by atoms with E-state index in [1.807, 2.05) is 0 Å². The summed E-state index contributed by atoms with van der Waals surface area (Å²) in [4.78, 5) is 4.91. The maximum Gasteiger partial charge on any atom is 0.0370 e. The van der Waals surface area contributed by atoms with Gasteiger partial charge in [-0.25, -0.2) is 0 Å². The highest BCUT2D eigenvalue weighted by molar-refractivity contribution is 9.10. The van der Waals surface area contributed by atoms with Crippen molar-refractivity contribution in [1.29, 1.82) is 0 Å². The van der Waals surface area contributed by atoms with Gasteiger partial charge in [0, 0.05) is 36.3 Å². The first kappa shape index (κ1) is 11.5. The second kappa shape index (κ2) is 4.62. The van der Waals surface area contributed by atoms with Gasteiger partial charge in [-0.15, -0.1) is 0 Å². The van der Waals surface area contributed by atoms with Crippen LogP contribution in [0.1, 0.15) is 24.3 Å². The Morgan fingerprint density at radius 3 is 2.47 bits per heavy atom. The molecular weight excluding hydrogens is 276 g/mol. The molecule has 0 amide bonds. The fourth-order valence-corrected chi connectivity index (χ4v) is 3.07. The van der Waals surface area contributed by atoms with E-state index in [2.05, 4.69) is 51.0 Å². The quantitative estimate of drug-likeness (QED) is 0.827. The Morgan fingerprint density at radius 1 is 1.12 bits per heavy atom. The van der Waals surface area contributed by atoms with Gasteiger partial charge < -0.3 is 9.80 Å². The molecule has 1 aliphatic heterocycles. The highest BCUT2D eigenvalue weighted by Crippen LogP contribution is 2.44. The first-order valence-electron chi connectivity index (χ1n) is 6.47. The minimum absolute atomic E-state index is 0.816. The number of rotatable bonds is 2. The number of anilines is 1. The zero-order valence-corrected chi connectivity index (χ0v) is 11.9. The molecule has 1 aromatic rings. The first-order valence-corrected chi connectivity index (χ1v) is 7.26. The van der Waals surface area contributed by atoms with E-state index in [9.17, 15) is 0 Å². The third-order valence-corrected chi connectivity index (χ3v) is 4.59. The van der Waals surface area contributed by atoms with Gasteiger partial charge in [0.2, 0.25) is 0 Å². The maximum absolute atomic E-state index is 3.68. The zero-order chi connectivity index (χ0) is 11.8. The predicted molar refractivity (Wildman–Crippen MR) is 75.8 cm³/mol. The van der Waals surface area contributed by atoms with E-state index in [1.54, 1.807) is 0 Å². The summed E-state index contributed by atoms with van der Waals surface area (Å²) in [5.74, 6) is 0.816. The second-order valence-electron chi connectivity index (χ2n) is 5.27. The van der Waals surface area contributed by atoms with Crippen molar-refractivity contribution in [3.63, 3.8) is 0 Å². The lowest BCUT2D eigenvalue weighted by Gasteiger charge is -2.34. The summed E-state index contributed by atoms with van der Waals surface area (Å²) in [6.07, 6.45) is 2.73. The van der Waals surface area contributed by atoms with E-state index in [4.69, 9.17) is 0 Å². The summed E-state index contributed by atoms with van der Waals surface area (Å²) < 4.78 is 1.29. The van der Waals surface area contributed by atoms with Crippen LogP contribution in [-0.2, 0) is 0 Å². The highest BCUT2D eigenvalue weighted by atomic mass is 79.9. The number of nitrogens with zero attached hydrogens (tertiary/aromatic N) is 2. The molecule has 2 fully saturated rings. The maximum atomic E-state index is 3.68. The number of hydrogen-bond donors (Lipinski definition) is 0. The van der Waals surface area contributed by atoms with Crippen LogP contribution in [0.3, 0.4) is 0 Å². The van der Waals surface area contributed by atoms with Crippen LogP contribution in [0.2, 0.25) is 0 Å². The Morgan fingerprint density at radius 2 is 1.82 bits per heavy atom. The lowest BCUT2D eigenvalue weighted by Crippen LogP contribution is -2.44. The van der Waals surface area contributed by atoms with Crippen molar-refractivity contribution in [1.82, 2.24) is 4.90 Å². The minimum atomic E-state index is 0.816. The summed E-state index contributed by atoms with van der Waals surface area (Å²) in [5.41, 5.74) is 2.92. The average molecular weight is 295 g/mol. The molecule has 0 atom stereocenters. The molecule has 3 heteroatoms. The van der Waals surface area contributed by atoms with Crippen LogP contribution in [0, 0.1) is 0 Å². The topological polar surface area (TPSA) is 6.48 Å². The van der Waals surface area contributed by atoms with Crippen LogP contribution < -0.4 is 4.90 Å². The van der Waals surface area contributed by atoms with Crippen LogP contribution in [0.15, 0.2) is 22.7 Å². The molecule has 0 aromatic heterocycles. The summed E-state index contributed by atoms with van der Waals surface area (Å²) in [6, 6.07) is 6.87. The summed E-state index contributed by atoms with van der Waals surface area (Å²) in [6.45, 7) is 4.66. The van der Waals surface area contributed by atoms with E-state index in [1.165, 1.54) is 41.7 Å². The van der Waals surface area contributed by atoms with Gasteiger partial charge in [-0.2, -0.15) is 0 Å². The lowest BCUT2D eigenvalue weighted by atomic mass is 10.1. The molecule has 1 saturated heterocycles. The van der Waals surface area contributed by atoms with Crippen molar-refractivity contribution in [2.75, 3.05) is 38.1 Å². The standard InChI is InChI=1S/C14H19BrN2/c1-16-6-8-17(9-7-16)12-4-5-14(15)13(10-12)11-2-3-11/h4-5,10-11H,2-3,6-9H2,1H3. The summed E-state index contributed by atoms with van der Waals surface area (Å²) in [5, 5.41) is 0. The predicted octanol–water partition coefficient (Wildman–Crippen LogP) is 3.08. The molecule has 2 nitrogen and oxygen atoms in total. The number of benzene rings is 1. The van der Waals surface area contributed by atoms with Crippen molar-refractivity contribution in [3.8, 4) is 0 Å². The molecule has 0 bridgehead atoms. The van der Waals surface area contributed by atoms with Gasteiger partial charge in [-0.1, -0.05) is 15.9 Å². The molecule has 0 radical (unpaired) electrons. The van der Waals surface area contributed by atoms with Gasteiger partial charge in [0.15, 0.2) is 0 Å². The SMILES string of the molecule is CN1CCN(c2ccc(Br)c(C3CC3)c2)CC1. The largest absolute Gasteiger partial charge is 0.369 e. The first-order chi connectivity index (χ1) is 8.24. The molecule has 0 N–H and O–H groups in total. The van der Waals surface area contributed by atoms with E-state index >= 15 is 0 Å². The third kappa shape index (κ3) is 2.50. The second-order valence-corrected chi connectivity index (χ2v) is 6.12. The summed E-state index contributed by atoms with van der Waals surface area (Å²) >= 11 is 3.68. The van der Waals surface area contributed by atoms with Crippen LogP contribution >= 0.6 is 15.9 Å². The van der Waals surface area contributed by atoms with E-state index < -0.39 is 0 Å². The van der Waals surface area contributed by atoms with Crippen molar-refractivity contribution in [3.05, 3.63) is 28.2 Å². The van der Waals surface area contributed by atoms with Crippen LogP contribution in [-0.4, -0.2) is 38.1 Å². The average Bonchev–Trinajstić information content (AvgIpc) is 3.15. The molecule has 92 valence electrons. The molecule has 0 spiro atoms. The third-order valence-electron chi connectivity index (χ3n) is 3.87. The number of hydrogen-bond acceptors (Lipinski definition) is 2. The van der Waals surface area contributed by atoms with Gasteiger partial charge in [0.1, 0.15) is 0 Å². The Bertz CT molecular complexity index is 407. The smallest absolute Gasteiger partial charge is 0.0370 e. The van der Waals surface area contributed by atoms with Gasteiger partial charge in [0.05, 0.1) is 0 Å². The molecule has 3 rings (SSSR count). The number of halogens is 1. The van der Waals surface area contributed by atoms with Crippen molar-refractivity contribution >= 4 is 21.6 Å². The van der Waals surface area contributed by atoms with Crippen molar-refractivity contribution in [2.45, 2.75) is 18.8 Å². The molecule has 17 heavy (non-hydrogen) atoms. The van der Waals surface area contributed by atoms with Crippen molar-refractivity contribution < 1.29 is 0 Å². The van der Waals surface area contributed by atoms with Crippen LogP contribution in [0.5, 0.6) is 0 Å². The van der Waals surface area contributed by atoms with E-state index in [-0.39, 0.29) is 0 Å². The normalized spacial score (nSPS) is 21.9. The number of likely N-dealkylation sites (N-methyl/N-ethyl adjacent to an activating group) is 1. The Hall–Kier alpha value is -0.540. The Kier molecular flexibility index (Phi) is 3.14. The van der Waals surface area contributed by atoms with Crippen LogP contribution in [0.25, 0.3) is 0 Å². The summed E-state index contributed by atoms with van der Waals surface area (Å²) in [7, 11) is 2.20. The van der Waals surface area contributed by atoms with Gasteiger partial charge >= 0.3 is 0 Å². The lowest BCUT2D eigenvalue weighted by molar-refractivity contribution is 0.313. The molecule has 1 aromatic carbocycles. The fourth-order valence-electron chi connectivity index (χ4n) is 2.50. The van der Waals surface area contributed by atoms with E-state index in [0.717, 1.165) is 19.0 Å². The van der Waals surface area contributed by atoms with Gasteiger partial charge in [-0.3, -0.25) is 0 Å². The minimum Gasteiger partial charge on any atom is -0.369 e. The monoisotopic (exact) mass is 294 g/mol. The van der Waals surface area contributed by atoms with E-state index in [0.29, 0.717) is 0 Å². The zero-order valence-electron chi connectivity index (χ0n) is 10.3. The molecule has 1 saturated carbocycles. The molecule has 1 aliphatic carbocycles. The molecule has 2 aliphatic rings. The van der Waals surface area contributed by atoms with Crippen molar-refractivity contribution in [2.24, 2.45) is 0 Å². The Labute approximate surface area is 112 Å². The molecule has 1 heterocycles. The molecular formula is C14H19BrN2. The Balaban J connectivity index is 1.80. The van der Waals surface area contributed by atoms with Gasteiger partial charge in [-0.05, 0) is 49.6 Å². The number of piperazine rings is 1. The highest BCUT2D eigenvalue weighted by Gasteiger charge is 2.26.